The van der Waals surface area contributed by atoms with E-state index < -0.39 is 24.0 Å². The van der Waals surface area contributed by atoms with Gasteiger partial charge in [-0.1, -0.05) is 0 Å². The molecule has 1 saturated heterocycles. The van der Waals surface area contributed by atoms with Crippen LogP contribution >= 0.6 is 0 Å². The fraction of sp³-hybridized carbons (Fsp3) is 0.842. The van der Waals surface area contributed by atoms with E-state index in [9.17, 15) is 29.7 Å². The van der Waals surface area contributed by atoms with Gasteiger partial charge in [-0.3, -0.25) is 34.0 Å². The maximum atomic E-state index is 11.3. The van der Waals surface area contributed by atoms with Gasteiger partial charge in [-0.15, -0.1) is 0 Å². The highest BCUT2D eigenvalue weighted by atomic mass is 16.4. The van der Waals surface area contributed by atoms with E-state index in [0.29, 0.717) is 65.4 Å². The zero-order valence-electron chi connectivity index (χ0n) is 18.5. The predicted molar refractivity (Wildman–Crippen MR) is 113 cm³/mol. The summed E-state index contributed by atoms with van der Waals surface area (Å²) >= 11 is 0. The van der Waals surface area contributed by atoms with Crippen LogP contribution in [-0.2, 0) is 14.4 Å². The number of carbonyl (C=O) groups is 3. The number of aliphatic hydroxyl groups excluding tert-OH is 1. The average Bonchev–Trinajstić information content (AvgIpc) is 2.62. The molecule has 31 heavy (non-hydrogen) atoms. The molecule has 1 aliphatic rings. The summed E-state index contributed by atoms with van der Waals surface area (Å²) in [5.74, 6) is -2.89. The second-order valence-electron chi connectivity index (χ2n) is 8.23. The minimum atomic E-state index is -0.984. The van der Waals surface area contributed by atoms with E-state index in [0.717, 1.165) is 0 Å². The molecule has 0 amide bonds. The maximum absolute atomic E-state index is 11.3. The van der Waals surface area contributed by atoms with Crippen molar-refractivity contribution in [2.24, 2.45) is 0 Å². The first-order chi connectivity index (χ1) is 14.5. The Kier molecular flexibility index (Phi) is 12.5. The van der Waals surface area contributed by atoms with E-state index in [1.54, 1.807) is 14.7 Å². The lowest BCUT2D eigenvalue weighted by atomic mass is 10.2. The van der Waals surface area contributed by atoms with Gasteiger partial charge in [-0.05, 0) is 14.1 Å². The second kappa shape index (κ2) is 14.3. The number of likely N-dealkylation sites (N-methyl/N-ethyl adjacent to an activating group) is 1. The Bertz CT molecular complexity index is 546. The molecule has 12 nitrogen and oxygen atoms in total. The molecule has 1 heterocycles. The first-order valence-electron chi connectivity index (χ1n) is 10.4. The summed E-state index contributed by atoms with van der Waals surface area (Å²) in [6.07, 6.45) is -0.588. The van der Waals surface area contributed by atoms with Crippen LogP contribution < -0.4 is 0 Å². The van der Waals surface area contributed by atoms with Crippen LogP contribution in [0.25, 0.3) is 0 Å². The number of hydrogen-bond acceptors (Lipinski definition) is 9. The third-order valence-electron chi connectivity index (χ3n) is 5.05. The Morgan fingerprint density at radius 2 is 0.968 bits per heavy atom. The number of nitrogens with zero attached hydrogens (tertiary/aromatic N) is 5. The highest BCUT2D eigenvalue weighted by Gasteiger charge is 2.21. The van der Waals surface area contributed by atoms with Gasteiger partial charge in [0.25, 0.3) is 0 Å². The zero-order chi connectivity index (χ0) is 23.4. The Labute approximate surface area is 183 Å². The van der Waals surface area contributed by atoms with E-state index >= 15 is 0 Å². The molecule has 0 radical (unpaired) electrons. The number of carboxylic acids is 3. The maximum Gasteiger partial charge on any atom is 0.317 e. The van der Waals surface area contributed by atoms with Crippen LogP contribution in [0.5, 0.6) is 0 Å². The van der Waals surface area contributed by atoms with Gasteiger partial charge in [-0.2, -0.15) is 0 Å². The summed E-state index contributed by atoms with van der Waals surface area (Å²) in [5, 5.41) is 38.0. The van der Waals surface area contributed by atoms with Crippen LogP contribution in [0.3, 0.4) is 0 Å². The van der Waals surface area contributed by atoms with Gasteiger partial charge in [0.05, 0.1) is 25.7 Å². The molecule has 12 heteroatoms. The summed E-state index contributed by atoms with van der Waals surface area (Å²) in [4.78, 5) is 42.8. The van der Waals surface area contributed by atoms with E-state index in [4.69, 9.17) is 5.11 Å². The first-order valence-corrected chi connectivity index (χ1v) is 10.4. The molecule has 180 valence electrons. The molecule has 0 aromatic rings. The van der Waals surface area contributed by atoms with Gasteiger partial charge in [0.2, 0.25) is 0 Å². The molecule has 1 unspecified atom stereocenters. The number of aliphatic hydroxyl groups is 1. The largest absolute Gasteiger partial charge is 0.480 e. The molecule has 0 aromatic heterocycles. The monoisotopic (exact) mass is 447 g/mol. The summed E-state index contributed by atoms with van der Waals surface area (Å²) in [5.41, 5.74) is 0. The third kappa shape index (κ3) is 13.2. The number of β-amino-alcohol motifs (C(OH)–C–C–N with tert-alkyl or cyclic N) is 1. The molecule has 1 fully saturated rings. The van der Waals surface area contributed by atoms with Crippen molar-refractivity contribution in [3.05, 3.63) is 0 Å². The zero-order valence-corrected chi connectivity index (χ0v) is 18.5. The van der Waals surface area contributed by atoms with Gasteiger partial charge >= 0.3 is 17.9 Å². The Hall–Kier alpha value is -1.83. The van der Waals surface area contributed by atoms with E-state index in [-0.39, 0.29) is 19.6 Å². The number of hydrogen-bond donors (Lipinski definition) is 4. The Morgan fingerprint density at radius 1 is 0.677 bits per heavy atom. The lowest BCUT2D eigenvalue weighted by Crippen LogP contribution is -2.49. The lowest BCUT2D eigenvalue weighted by molar-refractivity contribution is -0.140. The molecule has 1 rings (SSSR count). The second-order valence-corrected chi connectivity index (χ2v) is 8.23. The van der Waals surface area contributed by atoms with Gasteiger partial charge in [0, 0.05) is 65.4 Å². The lowest BCUT2D eigenvalue weighted by Gasteiger charge is -2.34. The van der Waals surface area contributed by atoms with Gasteiger partial charge < -0.3 is 25.3 Å². The standard InChI is InChI=1S/C19H37N5O7/c1-20(2)11-16(25)12-21-3-5-22(13-17(26)27)7-9-24(15-19(30)31)10-8-23(6-4-21)14-18(28)29/h16,25H,3-15H2,1-2H3,(H,26,27)(H,28,29)(H,30,31). The summed E-state index contributed by atoms with van der Waals surface area (Å²) < 4.78 is 0. The molecule has 0 bridgehead atoms. The van der Waals surface area contributed by atoms with Crippen molar-refractivity contribution in [1.82, 2.24) is 24.5 Å². The number of rotatable bonds is 10. The average molecular weight is 448 g/mol. The van der Waals surface area contributed by atoms with E-state index in [1.807, 2.05) is 23.9 Å². The van der Waals surface area contributed by atoms with E-state index in [2.05, 4.69) is 0 Å². The molecule has 0 saturated carbocycles. The quantitative estimate of drug-likeness (QED) is 0.278. The molecule has 1 aliphatic heterocycles. The first kappa shape index (κ1) is 27.2. The molecule has 0 spiro atoms. The van der Waals surface area contributed by atoms with Gasteiger partial charge in [0.15, 0.2) is 0 Å². The van der Waals surface area contributed by atoms with Crippen molar-refractivity contribution < 1.29 is 34.8 Å². The van der Waals surface area contributed by atoms with Gasteiger partial charge in [0.1, 0.15) is 0 Å². The highest BCUT2D eigenvalue weighted by Crippen LogP contribution is 2.03. The number of aliphatic carboxylic acids is 3. The normalized spacial score (nSPS) is 20.1. The van der Waals surface area contributed by atoms with Crippen LogP contribution in [0.4, 0.5) is 0 Å². The van der Waals surface area contributed by atoms with Crippen LogP contribution in [0.1, 0.15) is 0 Å². The van der Waals surface area contributed by atoms with Crippen molar-refractivity contribution in [3.8, 4) is 0 Å². The predicted octanol–water partition coefficient (Wildman–Crippen LogP) is -2.62. The minimum Gasteiger partial charge on any atom is -0.480 e. The molecule has 0 aromatic carbocycles. The third-order valence-corrected chi connectivity index (χ3v) is 5.05. The van der Waals surface area contributed by atoms with Gasteiger partial charge in [-0.25, -0.2) is 0 Å². The fourth-order valence-electron chi connectivity index (χ4n) is 3.59. The number of carboxylic acid groups (broad SMARTS) is 3. The SMILES string of the molecule is CN(C)CC(O)CN1CCN(CC(=O)O)CCN(CC(=O)O)CCN(CC(=O)O)CC1. The molecule has 1 atom stereocenters. The van der Waals surface area contributed by atoms with Crippen LogP contribution in [0.2, 0.25) is 0 Å². The molecule has 0 aliphatic carbocycles. The van der Waals surface area contributed by atoms with Crippen LogP contribution in [0.15, 0.2) is 0 Å². The van der Waals surface area contributed by atoms with Crippen LogP contribution in [0, 0.1) is 0 Å². The van der Waals surface area contributed by atoms with Crippen LogP contribution in [-0.4, -0.2) is 168 Å². The molecular weight excluding hydrogens is 410 g/mol. The summed E-state index contributed by atoms with van der Waals surface area (Å²) in [6, 6.07) is 0. The topological polar surface area (TPSA) is 148 Å². The Balaban J connectivity index is 2.92. The van der Waals surface area contributed by atoms with E-state index in [1.165, 1.54) is 0 Å². The Morgan fingerprint density at radius 3 is 1.23 bits per heavy atom. The molecular formula is C19H37N5O7. The fourth-order valence-corrected chi connectivity index (χ4v) is 3.59. The smallest absolute Gasteiger partial charge is 0.317 e. The summed E-state index contributed by atoms with van der Waals surface area (Å²) in [6.45, 7) is 3.79. The van der Waals surface area contributed by atoms with Crippen molar-refractivity contribution in [1.29, 1.82) is 0 Å². The van der Waals surface area contributed by atoms with Crippen molar-refractivity contribution in [2.45, 2.75) is 6.10 Å². The molecule has 4 N–H and O–H groups in total. The highest BCUT2D eigenvalue weighted by molar-refractivity contribution is 5.69. The summed E-state index contributed by atoms with van der Waals surface area (Å²) in [7, 11) is 3.73. The van der Waals surface area contributed by atoms with Crippen molar-refractivity contribution in [2.75, 3.05) is 99.2 Å². The minimum absolute atomic E-state index is 0.153. The van der Waals surface area contributed by atoms with Crippen molar-refractivity contribution in [3.63, 3.8) is 0 Å². The van der Waals surface area contributed by atoms with Crippen molar-refractivity contribution >= 4 is 17.9 Å².